The van der Waals surface area contributed by atoms with E-state index in [1.807, 2.05) is 0 Å². The van der Waals surface area contributed by atoms with Crippen molar-refractivity contribution < 1.29 is 0 Å². The van der Waals surface area contributed by atoms with Crippen LogP contribution in [0, 0.1) is 6.92 Å². The second kappa shape index (κ2) is 6.65. The van der Waals surface area contributed by atoms with Crippen molar-refractivity contribution in [3.05, 3.63) is 96.6 Å². The van der Waals surface area contributed by atoms with Gasteiger partial charge in [-0.1, -0.05) is 0 Å². The SMILES string of the molecule is Cc1ccc(-c2c([Se]c3ccccc3)ccc3ccccc23)cc1. The van der Waals surface area contributed by atoms with E-state index in [4.69, 9.17) is 0 Å². The third-order valence-electron chi connectivity index (χ3n) is 4.20. The summed E-state index contributed by atoms with van der Waals surface area (Å²) >= 11 is 0.297. The molecular formula is C23H18Se. The summed E-state index contributed by atoms with van der Waals surface area (Å²) in [7, 11) is 0. The summed E-state index contributed by atoms with van der Waals surface area (Å²) in [6.45, 7) is 2.14. The van der Waals surface area contributed by atoms with Crippen molar-refractivity contribution >= 4 is 34.7 Å². The Morgan fingerprint density at radius 1 is 0.625 bits per heavy atom. The van der Waals surface area contributed by atoms with Gasteiger partial charge < -0.3 is 0 Å². The molecule has 0 aromatic heterocycles. The van der Waals surface area contributed by atoms with Gasteiger partial charge in [-0.25, -0.2) is 0 Å². The van der Waals surface area contributed by atoms with Crippen molar-refractivity contribution in [2.24, 2.45) is 0 Å². The summed E-state index contributed by atoms with van der Waals surface area (Å²) in [5.74, 6) is 0. The predicted octanol–water partition coefficient (Wildman–Crippen LogP) is 4.47. The summed E-state index contributed by atoms with van der Waals surface area (Å²) in [4.78, 5) is 0. The third-order valence-corrected chi connectivity index (χ3v) is 6.44. The fraction of sp³-hybridized carbons (Fsp3) is 0.0435. The Labute approximate surface area is 149 Å². The van der Waals surface area contributed by atoms with Crippen LogP contribution < -0.4 is 8.92 Å². The van der Waals surface area contributed by atoms with E-state index in [1.165, 1.54) is 36.4 Å². The van der Waals surface area contributed by atoms with Crippen molar-refractivity contribution in [3.63, 3.8) is 0 Å². The molecule has 4 rings (SSSR count). The molecule has 0 aliphatic rings. The maximum atomic E-state index is 2.31. The van der Waals surface area contributed by atoms with Gasteiger partial charge in [-0.15, -0.1) is 0 Å². The van der Waals surface area contributed by atoms with Gasteiger partial charge in [0.2, 0.25) is 0 Å². The molecule has 0 nitrogen and oxygen atoms in total. The Hall–Kier alpha value is -2.34. The van der Waals surface area contributed by atoms with Crippen LogP contribution in [0.4, 0.5) is 0 Å². The number of fused-ring (bicyclic) bond motifs is 1. The van der Waals surface area contributed by atoms with E-state index in [-0.39, 0.29) is 0 Å². The molecule has 0 fully saturated rings. The molecule has 0 heterocycles. The topological polar surface area (TPSA) is 0 Å². The molecule has 0 amide bonds. The second-order valence-electron chi connectivity index (χ2n) is 5.94. The van der Waals surface area contributed by atoms with Gasteiger partial charge in [-0.05, 0) is 0 Å². The molecule has 0 saturated carbocycles. The zero-order valence-corrected chi connectivity index (χ0v) is 15.3. The van der Waals surface area contributed by atoms with E-state index in [0.717, 1.165) is 0 Å². The first-order valence-corrected chi connectivity index (χ1v) is 9.84. The van der Waals surface area contributed by atoms with Crippen LogP contribution in [-0.2, 0) is 0 Å². The Morgan fingerprint density at radius 3 is 2.12 bits per heavy atom. The van der Waals surface area contributed by atoms with Crippen LogP contribution in [0.15, 0.2) is 91.0 Å². The van der Waals surface area contributed by atoms with E-state index < -0.39 is 0 Å². The molecule has 4 aromatic carbocycles. The fourth-order valence-corrected chi connectivity index (χ4v) is 5.10. The Bertz CT molecular complexity index is 970. The first-order chi connectivity index (χ1) is 11.8. The Kier molecular flexibility index (Phi) is 4.21. The van der Waals surface area contributed by atoms with Crippen LogP contribution in [0.3, 0.4) is 0 Å². The number of benzene rings is 4. The van der Waals surface area contributed by atoms with Gasteiger partial charge in [0.25, 0.3) is 0 Å². The molecule has 4 aromatic rings. The summed E-state index contributed by atoms with van der Waals surface area (Å²) in [6.07, 6.45) is 0. The normalized spacial score (nSPS) is 10.9. The van der Waals surface area contributed by atoms with Crippen LogP contribution in [0.5, 0.6) is 0 Å². The third kappa shape index (κ3) is 3.01. The molecule has 0 bridgehead atoms. The van der Waals surface area contributed by atoms with Crippen LogP contribution in [-0.4, -0.2) is 15.0 Å². The van der Waals surface area contributed by atoms with Gasteiger partial charge in [0.15, 0.2) is 0 Å². The summed E-state index contributed by atoms with van der Waals surface area (Å²) in [5, 5.41) is 2.65. The number of hydrogen-bond acceptors (Lipinski definition) is 0. The maximum absolute atomic E-state index is 2.31. The Morgan fingerprint density at radius 2 is 1.33 bits per heavy atom. The minimum atomic E-state index is 0.297. The van der Waals surface area contributed by atoms with Crippen molar-refractivity contribution in [3.8, 4) is 11.1 Å². The first kappa shape index (κ1) is 15.2. The van der Waals surface area contributed by atoms with Gasteiger partial charge in [0.05, 0.1) is 0 Å². The van der Waals surface area contributed by atoms with Gasteiger partial charge in [0, 0.05) is 0 Å². The molecule has 0 N–H and O–H groups in total. The van der Waals surface area contributed by atoms with Crippen LogP contribution in [0.1, 0.15) is 5.56 Å². The van der Waals surface area contributed by atoms with Gasteiger partial charge in [0.1, 0.15) is 0 Å². The molecular weight excluding hydrogens is 355 g/mol. The van der Waals surface area contributed by atoms with Gasteiger partial charge in [-0.3, -0.25) is 0 Å². The van der Waals surface area contributed by atoms with Crippen molar-refractivity contribution in [2.75, 3.05) is 0 Å². The zero-order chi connectivity index (χ0) is 16.4. The van der Waals surface area contributed by atoms with E-state index >= 15 is 0 Å². The zero-order valence-electron chi connectivity index (χ0n) is 13.6. The van der Waals surface area contributed by atoms with E-state index in [2.05, 4.69) is 97.9 Å². The minimum absolute atomic E-state index is 0.297. The molecule has 1 heteroatoms. The molecule has 0 radical (unpaired) electrons. The monoisotopic (exact) mass is 374 g/mol. The first-order valence-electron chi connectivity index (χ1n) is 8.13. The summed E-state index contributed by atoms with van der Waals surface area (Å²) < 4.78 is 2.85. The molecule has 0 spiro atoms. The molecule has 0 saturated heterocycles. The Balaban J connectivity index is 1.92. The van der Waals surface area contributed by atoms with Crippen LogP contribution >= 0.6 is 0 Å². The van der Waals surface area contributed by atoms with E-state index in [0.29, 0.717) is 15.0 Å². The average Bonchev–Trinajstić information content (AvgIpc) is 2.63. The molecule has 24 heavy (non-hydrogen) atoms. The second-order valence-corrected chi connectivity index (χ2v) is 8.28. The molecule has 0 aliphatic carbocycles. The number of hydrogen-bond donors (Lipinski definition) is 0. The van der Waals surface area contributed by atoms with Crippen molar-refractivity contribution in [1.82, 2.24) is 0 Å². The summed E-state index contributed by atoms with van der Waals surface area (Å²) in [5.41, 5.74) is 4.00. The quantitative estimate of drug-likeness (QED) is 0.465. The predicted molar refractivity (Wildman–Crippen MR) is 106 cm³/mol. The van der Waals surface area contributed by atoms with Crippen LogP contribution in [0.2, 0.25) is 0 Å². The summed E-state index contributed by atoms with van der Waals surface area (Å²) in [6, 6.07) is 33.0. The van der Waals surface area contributed by atoms with Crippen molar-refractivity contribution in [1.29, 1.82) is 0 Å². The molecule has 0 unspecified atom stereocenters. The van der Waals surface area contributed by atoms with Crippen LogP contribution in [0.25, 0.3) is 21.9 Å². The van der Waals surface area contributed by atoms with E-state index in [1.54, 1.807) is 0 Å². The van der Waals surface area contributed by atoms with E-state index in [9.17, 15) is 0 Å². The van der Waals surface area contributed by atoms with Gasteiger partial charge >= 0.3 is 149 Å². The van der Waals surface area contributed by atoms with Crippen molar-refractivity contribution in [2.45, 2.75) is 6.92 Å². The number of aryl methyl sites for hydroxylation is 1. The van der Waals surface area contributed by atoms with Gasteiger partial charge in [-0.2, -0.15) is 0 Å². The molecule has 116 valence electrons. The standard InChI is InChI=1S/C23H18Se/c1-17-11-13-19(14-12-17)23-21-10-6-5-7-18(21)15-16-22(23)24-20-8-3-2-4-9-20/h2-16H,1H3. The molecule has 0 aliphatic heterocycles. The number of rotatable bonds is 3. The fourth-order valence-electron chi connectivity index (χ4n) is 2.97. The average molecular weight is 373 g/mol. The molecule has 0 atom stereocenters.